The van der Waals surface area contributed by atoms with Gasteiger partial charge in [0.15, 0.2) is 0 Å². The van der Waals surface area contributed by atoms with Gasteiger partial charge in [-0.3, -0.25) is 0 Å². The molecule has 6 heteroatoms. The number of likely N-dealkylation sites (tertiary alicyclic amines) is 1. The molecule has 0 aromatic heterocycles. The van der Waals surface area contributed by atoms with Gasteiger partial charge < -0.3 is 24.6 Å². The lowest BCUT2D eigenvalue weighted by molar-refractivity contribution is -0.125. The maximum absolute atomic E-state index is 11.7. The van der Waals surface area contributed by atoms with Gasteiger partial charge in [0.25, 0.3) is 0 Å². The van der Waals surface area contributed by atoms with E-state index in [2.05, 4.69) is 30.9 Å². The lowest BCUT2D eigenvalue weighted by Gasteiger charge is -2.50. The van der Waals surface area contributed by atoms with Gasteiger partial charge in [0, 0.05) is 41.2 Å². The summed E-state index contributed by atoms with van der Waals surface area (Å²) in [5.74, 6) is 1.77. The molecule has 184 valence electrons. The summed E-state index contributed by atoms with van der Waals surface area (Å²) in [6, 6.07) is 12.8. The van der Waals surface area contributed by atoms with Gasteiger partial charge in [-0.25, -0.2) is 0 Å². The number of halogens is 1. The van der Waals surface area contributed by atoms with E-state index < -0.39 is 5.60 Å². The third-order valence-electron chi connectivity index (χ3n) is 7.48. The van der Waals surface area contributed by atoms with Gasteiger partial charge in [-0.2, -0.15) is 0 Å². The summed E-state index contributed by atoms with van der Waals surface area (Å²) in [5.41, 5.74) is 2.61. The van der Waals surface area contributed by atoms with E-state index in [1.807, 2.05) is 36.4 Å². The molecule has 5 rings (SSSR count). The second-order valence-electron chi connectivity index (χ2n) is 10.2. The molecular weight excluding hydrogens is 462 g/mol. The van der Waals surface area contributed by atoms with Crippen molar-refractivity contribution in [2.24, 2.45) is 5.41 Å². The number of hydrogen-bond acceptors (Lipinski definition) is 5. The molecule has 1 atom stereocenters. The molecule has 1 fully saturated rings. The van der Waals surface area contributed by atoms with Crippen molar-refractivity contribution in [2.75, 3.05) is 32.8 Å². The van der Waals surface area contributed by atoms with Crippen LogP contribution in [-0.2, 0) is 10.3 Å². The van der Waals surface area contributed by atoms with E-state index in [1.165, 1.54) is 0 Å². The number of phenols is 1. The largest absolute Gasteiger partial charge is 0.508 e. The van der Waals surface area contributed by atoms with Gasteiger partial charge in [-0.1, -0.05) is 49.7 Å². The number of phenolic OH excluding ortho intramolecular Hbond substituents is 1. The van der Waals surface area contributed by atoms with Crippen LogP contribution in [0.15, 0.2) is 72.0 Å². The van der Waals surface area contributed by atoms with Crippen LogP contribution in [0, 0.1) is 5.41 Å². The maximum atomic E-state index is 11.7. The highest BCUT2D eigenvalue weighted by atomic mass is 35.5. The van der Waals surface area contributed by atoms with Crippen molar-refractivity contribution in [3.63, 3.8) is 0 Å². The molecule has 0 bridgehead atoms. The van der Waals surface area contributed by atoms with Gasteiger partial charge in [-0.15, -0.1) is 0 Å². The number of nitrogens with zero attached hydrogens (tertiary/aromatic N) is 1. The first-order chi connectivity index (χ1) is 16.8. The molecule has 2 aromatic carbocycles. The fourth-order valence-corrected chi connectivity index (χ4v) is 5.60. The molecule has 2 N–H and O–H groups in total. The molecule has 3 aliphatic rings. The van der Waals surface area contributed by atoms with E-state index in [0.717, 1.165) is 59.8 Å². The Morgan fingerprint density at radius 1 is 1.11 bits per heavy atom. The molecule has 0 spiro atoms. The van der Waals surface area contributed by atoms with Crippen LogP contribution in [0.25, 0.3) is 5.57 Å². The molecule has 0 amide bonds. The van der Waals surface area contributed by atoms with Crippen LogP contribution in [0.2, 0.25) is 5.02 Å². The Bertz CT molecular complexity index is 1200. The summed E-state index contributed by atoms with van der Waals surface area (Å²) in [5, 5.41) is 22.5. The zero-order valence-electron chi connectivity index (χ0n) is 20.3. The Morgan fingerprint density at radius 3 is 2.69 bits per heavy atom. The fourth-order valence-electron chi connectivity index (χ4n) is 5.48. The first kappa shape index (κ1) is 24.0. The van der Waals surface area contributed by atoms with E-state index in [1.54, 1.807) is 12.1 Å². The second-order valence-corrected chi connectivity index (χ2v) is 10.6. The van der Waals surface area contributed by atoms with E-state index in [4.69, 9.17) is 21.1 Å². The molecular formula is C29H32ClNO4. The fraction of sp³-hybridized carbons (Fsp3) is 0.379. The number of rotatable bonds is 4. The van der Waals surface area contributed by atoms with Gasteiger partial charge in [0.1, 0.15) is 30.5 Å². The molecule has 0 radical (unpaired) electrons. The predicted molar refractivity (Wildman–Crippen MR) is 139 cm³/mol. The molecule has 0 aliphatic carbocycles. The number of piperidine rings is 1. The van der Waals surface area contributed by atoms with Crippen molar-refractivity contribution in [1.29, 1.82) is 0 Å². The van der Waals surface area contributed by atoms with Crippen molar-refractivity contribution in [3.8, 4) is 11.5 Å². The molecule has 35 heavy (non-hydrogen) atoms. The summed E-state index contributed by atoms with van der Waals surface area (Å²) in [7, 11) is 0. The number of aromatic hydroxyl groups is 1. The molecule has 5 nitrogen and oxygen atoms in total. The number of aliphatic hydroxyl groups is 1. The lowest BCUT2D eigenvalue weighted by Crippen LogP contribution is -2.55. The molecule has 1 saturated heterocycles. The van der Waals surface area contributed by atoms with Crippen LogP contribution in [0.3, 0.4) is 0 Å². The normalized spacial score (nSPS) is 24.9. The summed E-state index contributed by atoms with van der Waals surface area (Å²) in [6.45, 7) is 7.64. The highest BCUT2D eigenvalue weighted by Crippen LogP contribution is 2.46. The minimum atomic E-state index is -0.897. The van der Waals surface area contributed by atoms with Crippen LogP contribution < -0.4 is 4.74 Å². The van der Waals surface area contributed by atoms with Gasteiger partial charge in [0.2, 0.25) is 0 Å². The number of allylic oxidation sites excluding steroid dienone is 3. The van der Waals surface area contributed by atoms with Crippen molar-refractivity contribution in [1.82, 2.24) is 4.90 Å². The molecule has 3 heterocycles. The molecule has 3 aliphatic heterocycles. The van der Waals surface area contributed by atoms with Gasteiger partial charge >= 0.3 is 0 Å². The summed E-state index contributed by atoms with van der Waals surface area (Å²) in [4.78, 5) is 2.42. The van der Waals surface area contributed by atoms with Gasteiger partial charge in [0.05, 0.1) is 5.60 Å². The maximum Gasteiger partial charge on any atom is 0.146 e. The number of ether oxygens (including phenoxy) is 2. The second kappa shape index (κ2) is 9.38. The Hall–Kier alpha value is -2.73. The first-order valence-corrected chi connectivity index (χ1v) is 12.5. The standard InChI is InChI=1S/C29H32ClNO4/c1-28(2)19-31(15-13-29(28,33)20-7-9-21(30)10-8-20)14-3-5-23-24-6-4-16-34-27(24)18-35-26-12-11-22(32)17-25(23)26/h4-12,17,32-33H,3,13-16,18-19H2,1-2H3/b23-5+. The Morgan fingerprint density at radius 2 is 1.91 bits per heavy atom. The minimum Gasteiger partial charge on any atom is -0.508 e. The summed E-state index contributed by atoms with van der Waals surface area (Å²) < 4.78 is 11.9. The number of hydrogen-bond donors (Lipinski definition) is 2. The highest BCUT2D eigenvalue weighted by Gasteiger charge is 2.48. The SMILES string of the molecule is CC1(C)CN(CC/C=C2\C3=C(COc4ccc(O)cc42)OCC=C3)CCC1(O)c1ccc(Cl)cc1. The number of benzene rings is 2. The van der Waals surface area contributed by atoms with Crippen LogP contribution in [0.1, 0.15) is 37.8 Å². The van der Waals surface area contributed by atoms with Crippen LogP contribution >= 0.6 is 11.6 Å². The van der Waals surface area contributed by atoms with E-state index in [-0.39, 0.29) is 11.2 Å². The lowest BCUT2D eigenvalue weighted by atomic mass is 9.66. The topological polar surface area (TPSA) is 62.2 Å². The Labute approximate surface area is 211 Å². The highest BCUT2D eigenvalue weighted by molar-refractivity contribution is 6.30. The van der Waals surface area contributed by atoms with Crippen LogP contribution in [0.5, 0.6) is 11.5 Å². The van der Waals surface area contributed by atoms with Crippen molar-refractivity contribution >= 4 is 17.2 Å². The Balaban J connectivity index is 1.35. The van der Waals surface area contributed by atoms with Crippen LogP contribution in [0.4, 0.5) is 0 Å². The number of fused-ring (bicyclic) bond motifs is 1. The average Bonchev–Trinajstić information content (AvgIpc) is 2.98. The Kier molecular flexibility index (Phi) is 6.43. The van der Waals surface area contributed by atoms with Crippen molar-refractivity contribution in [3.05, 3.63) is 88.2 Å². The van der Waals surface area contributed by atoms with Crippen molar-refractivity contribution < 1.29 is 19.7 Å². The summed E-state index contributed by atoms with van der Waals surface area (Å²) in [6.07, 6.45) is 7.79. The quantitative estimate of drug-likeness (QED) is 0.574. The van der Waals surface area contributed by atoms with E-state index in [9.17, 15) is 10.2 Å². The van der Waals surface area contributed by atoms with E-state index >= 15 is 0 Å². The monoisotopic (exact) mass is 493 g/mol. The van der Waals surface area contributed by atoms with Crippen LogP contribution in [-0.4, -0.2) is 48.0 Å². The van der Waals surface area contributed by atoms with E-state index in [0.29, 0.717) is 24.7 Å². The minimum absolute atomic E-state index is 0.210. The zero-order valence-corrected chi connectivity index (χ0v) is 21.0. The molecule has 1 unspecified atom stereocenters. The molecule has 0 saturated carbocycles. The van der Waals surface area contributed by atoms with Crippen molar-refractivity contribution in [2.45, 2.75) is 32.3 Å². The van der Waals surface area contributed by atoms with Gasteiger partial charge in [-0.05, 0) is 60.4 Å². The third kappa shape index (κ3) is 4.61. The summed E-state index contributed by atoms with van der Waals surface area (Å²) >= 11 is 6.07. The first-order valence-electron chi connectivity index (χ1n) is 12.2. The smallest absolute Gasteiger partial charge is 0.146 e. The zero-order chi connectivity index (χ0) is 24.6. The molecule has 2 aromatic rings. The average molecular weight is 494 g/mol. The predicted octanol–water partition coefficient (Wildman–Crippen LogP) is 5.67. The third-order valence-corrected chi connectivity index (χ3v) is 7.74.